The van der Waals surface area contributed by atoms with Crippen LogP contribution in [0.15, 0.2) is 22.7 Å². The fraction of sp³-hybridized carbons (Fsp3) is 0.611. The molecule has 1 aromatic carbocycles. The Balaban J connectivity index is 2.41. The van der Waals surface area contributed by atoms with Crippen molar-refractivity contribution in [2.24, 2.45) is 0 Å². The lowest BCUT2D eigenvalue weighted by Gasteiger charge is -2.32. The molecular formula is C18H26BBrO5. The van der Waals surface area contributed by atoms with E-state index in [-0.39, 0.29) is 18.2 Å². The van der Waals surface area contributed by atoms with Gasteiger partial charge < -0.3 is 18.8 Å². The van der Waals surface area contributed by atoms with E-state index in [4.69, 9.17) is 18.8 Å². The monoisotopic (exact) mass is 412 g/mol. The average Bonchev–Trinajstić information content (AvgIpc) is 2.73. The van der Waals surface area contributed by atoms with Crippen molar-refractivity contribution in [2.75, 3.05) is 13.7 Å². The summed E-state index contributed by atoms with van der Waals surface area (Å²) in [7, 11) is 1.04. The molecular weight excluding hydrogens is 387 g/mol. The van der Waals surface area contributed by atoms with Crippen LogP contribution < -0.4 is 4.74 Å². The second kappa shape index (κ2) is 7.68. The minimum atomic E-state index is -0.572. The number of rotatable bonds is 6. The van der Waals surface area contributed by atoms with Gasteiger partial charge in [0.05, 0.1) is 31.3 Å². The van der Waals surface area contributed by atoms with Crippen LogP contribution in [0.4, 0.5) is 0 Å². The van der Waals surface area contributed by atoms with Crippen LogP contribution in [0, 0.1) is 0 Å². The van der Waals surface area contributed by atoms with Gasteiger partial charge in [-0.1, -0.05) is 15.9 Å². The minimum absolute atomic E-state index is 0.150. The van der Waals surface area contributed by atoms with Crippen LogP contribution >= 0.6 is 15.9 Å². The van der Waals surface area contributed by atoms with Gasteiger partial charge in [0, 0.05) is 10.3 Å². The zero-order chi connectivity index (χ0) is 18.8. The Morgan fingerprint density at radius 1 is 1.24 bits per heavy atom. The van der Waals surface area contributed by atoms with Crippen molar-refractivity contribution < 1.29 is 23.6 Å². The van der Waals surface area contributed by atoms with Crippen molar-refractivity contribution in [3.63, 3.8) is 0 Å². The average molecular weight is 413 g/mol. The molecule has 0 aliphatic carbocycles. The zero-order valence-electron chi connectivity index (χ0n) is 15.7. The topological polar surface area (TPSA) is 54.0 Å². The molecule has 0 amide bonds. The Morgan fingerprint density at radius 3 is 2.36 bits per heavy atom. The standard InChI is InChI=1S/C18H26BBrO5/c1-7-23-16(21)11-14(13-10-12(20)8-9-15(13)22-6)19-24-17(2,3)18(4,5)25-19/h8-10,14H,7,11H2,1-6H3. The van der Waals surface area contributed by atoms with Crippen LogP contribution in [-0.2, 0) is 18.8 Å². The van der Waals surface area contributed by atoms with Crippen molar-refractivity contribution in [1.29, 1.82) is 0 Å². The van der Waals surface area contributed by atoms with Crippen LogP contribution in [0.2, 0.25) is 0 Å². The molecule has 1 saturated heterocycles. The maximum Gasteiger partial charge on any atom is 0.466 e. The third-order valence-electron chi connectivity index (χ3n) is 4.88. The predicted octanol–water partition coefficient (Wildman–Crippen LogP) is 4.13. The molecule has 0 radical (unpaired) electrons. The summed E-state index contributed by atoms with van der Waals surface area (Å²) in [4.78, 5) is 12.2. The molecule has 1 heterocycles. The van der Waals surface area contributed by atoms with Crippen molar-refractivity contribution in [3.05, 3.63) is 28.2 Å². The summed E-state index contributed by atoms with van der Waals surface area (Å²) >= 11 is 3.49. The summed E-state index contributed by atoms with van der Waals surface area (Å²) in [6.45, 7) is 10.1. The van der Waals surface area contributed by atoms with Crippen LogP contribution in [0.25, 0.3) is 0 Å². The summed E-state index contributed by atoms with van der Waals surface area (Å²) in [5.41, 5.74) is -0.114. The van der Waals surface area contributed by atoms with Crippen molar-refractivity contribution >= 4 is 29.0 Å². The van der Waals surface area contributed by atoms with Crippen molar-refractivity contribution in [1.82, 2.24) is 0 Å². The molecule has 0 bridgehead atoms. The fourth-order valence-electron chi connectivity index (χ4n) is 2.80. The van der Waals surface area contributed by atoms with Crippen LogP contribution in [-0.4, -0.2) is 38.0 Å². The smallest absolute Gasteiger partial charge is 0.466 e. The summed E-state index contributed by atoms with van der Waals surface area (Å²) in [5.74, 6) is 0.0593. The Kier molecular flexibility index (Phi) is 6.23. The van der Waals surface area contributed by atoms with E-state index >= 15 is 0 Å². The highest BCUT2D eigenvalue weighted by Gasteiger charge is 2.54. The Labute approximate surface area is 158 Å². The number of esters is 1. The first kappa shape index (κ1) is 20.3. The Bertz CT molecular complexity index is 616. The molecule has 1 atom stereocenters. The molecule has 138 valence electrons. The van der Waals surface area contributed by atoms with E-state index in [1.165, 1.54) is 0 Å². The molecule has 0 spiro atoms. The van der Waals surface area contributed by atoms with Crippen LogP contribution in [0.3, 0.4) is 0 Å². The van der Waals surface area contributed by atoms with E-state index in [2.05, 4.69) is 15.9 Å². The molecule has 0 N–H and O–H groups in total. The molecule has 7 heteroatoms. The van der Waals surface area contributed by atoms with E-state index < -0.39 is 18.3 Å². The summed E-state index contributed by atoms with van der Waals surface area (Å²) < 4.78 is 24.0. The first-order valence-corrected chi connectivity index (χ1v) is 9.25. The van der Waals surface area contributed by atoms with Gasteiger partial charge in [0.1, 0.15) is 5.75 Å². The van der Waals surface area contributed by atoms with Gasteiger partial charge in [0.15, 0.2) is 0 Å². The highest BCUT2D eigenvalue weighted by Crippen LogP contribution is 2.43. The first-order valence-electron chi connectivity index (χ1n) is 8.46. The lowest BCUT2D eigenvalue weighted by Crippen LogP contribution is -2.41. The lowest BCUT2D eigenvalue weighted by molar-refractivity contribution is -0.143. The zero-order valence-corrected chi connectivity index (χ0v) is 17.3. The number of carbonyl (C=O) groups excluding carboxylic acids is 1. The number of halogens is 1. The summed E-state index contributed by atoms with van der Waals surface area (Å²) in [6, 6.07) is 5.70. The number of hydrogen-bond donors (Lipinski definition) is 0. The van der Waals surface area contributed by atoms with Gasteiger partial charge in [-0.3, -0.25) is 4.79 Å². The third-order valence-corrected chi connectivity index (χ3v) is 5.38. The van der Waals surface area contributed by atoms with Crippen molar-refractivity contribution in [2.45, 2.75) is 58.1 Å². The van der Waals surface area contributed by atoms with E-state index in [0.29, 0.717) is 12.4 Å². The largest absolute Gasteiger partial charge is 0.496 e. The molecule has 25 heavy (non-hydrogen) atoms. The third kappa shape index (κ3) is 4.38. The summed E-state index contributed by atoms with van der Waals surface area (Å²) in [6.07, 6.45) is 0.150. The van der Waals surface area contributed by atoms with Gasteiger partial charge in [-0.15, -0.1) is 0 Å². The SMILES string of the molecule is CCOC(=O)CC(B1OC(C)(C)C(C)(C)O1)c1cc(Br)ccc1OC. The quantitative estimate of drug-likeness (QED) is 0.519. The Hall–Kier alpha value is -1.05. The minimum Gasteiger partial charge on any atom is -0.496 e. The number of methoxy groups -OCH3 is 1. The number of carbonyl (C=O) groups is 1. The normalized spacial score (nSPS) is 19.6. The molecule has 1 aliphatic heterocycles. The van der Waals surface area contributed by atoms with E-state index in [0.717, 1.165) is 10.0 Å². The van der Waals surface area contributed by atoms with E-state index in [9.17, 15) is 4.79 Å². The van der Waals surface area contributed by atoms with Crippen LogP contribution in [0.5, 0.6) is 5.75 Å². The molecule has 5 nitrogen and oxygen atoms in total. The maximum absolute atomic E-state index is 12.2. The summed E-state index contributed by atoms with van der Waals surface area (Å²) in [5, 5.41) is 0. The second-order valence-electron chi connectivity index (χ2n) is 7.13. The van der Waals surface area contributed by atoms with Gasteiger partial charge >= 0.3 is 13.1 Å². The number of benzene rings is 1. The van der Waals surface area contributed by atoms with E-state index in [1.54, 1.807) is 14.0 Å². The second-order valence-corrected chi connectivity index (χ2v) is 8.04. The number of hydrogen-bond acceptors (Lipinski definition) is 5. The highest BCUT2D eigenvalue weighted by atomic mass is 79.9. The van der Waals surface area contributed by atoms with Gasteiger partial charge in [0.25, 0.3) is 0 Å². The van der Waals surface area contributed by atoms with Crippen molar-refractivity contribution in [3.8, 4) is 5.75 Å². The predicted molar refractivity (Wildman–Crippen MR) is 101 cm³/mol. The van der Waals surface area contributed by atoms with Crippen LogP contribution in [0.1, 0.15) is 52.4 Å². The molecule has 1 aromatic rings. The lowest BCUT2D eigenvalue weighted by atomic mass is 9.66. The molecule has 1 fully saturated rings. The van der Waals surface area contributed by atoms with Gasteiger partial charge in [-0.25, -0.2) is 0 Å². The van der Waals surface area contributed by atoms with Gasteiger partial charge in [0.2, 0.25) is 0 Å². The molecule has 1 aliphatic rings. The Morgan fingerprint density at radius 2 is 1.84 bits per heavy atom. The highest BCUT2D eigenvalue weighted by molar-refractivity contribution is 9.10. The molecule has 0 aromatic heterocycles. The first-order chi connectivity index (χ1) is 11.6. The van der Waals surface area contributed by atoms with E-state index in [1.807, 2.05) is 45.9 Å². The molecule has 2 rings (SSSR count). The number of ether oxygens (including phenoxy) is 2. The van der Waals surface area contributed by atoms with Gasteiger partial charge in [-0.2, -0.15) is 0 Å². The maximum atomic E-state index is 12.2. The fourth-order valence-corrected chi connectivity index (χ4v) is 3.18. The molecule has 1 unspecified atom stereocenters. The molecule has 0 saturated carbocycles. The van der Waals surface area contributed by atoms with Gasteiger partial charge in [-0.05, 0) is 58.4 Å².